The summed E-state index contributed by atoms with van der Waals surface area (Å²) in [6.45, 7) is 9.26. The van der Waals surface area contributed by atoms with Gasteiger partial charge >= 0.3 is 11.9 Å². The molecule has 0 bridgehead atoms. The lowest BCUT2D eigenvalue weighted by Crippen LogP contribution is -2.62. The molecule has 0 saturated heterocycles. The van der Waals surface area contributed by atoms with Gasteiger partial charge < -0.3 is 122 Å². The first-order valence-corrected chi connectivity index (χ1v) is 38.1. The molecule has 0 fully saturated rings. The van der Waals surface area contributed by atoms with Crippen molar-refractivity contribution in [3.63, 3.8) is 0 Å². The molecule has 1 heterocycles. The van der Waals surface area contributed by atoms with E-state index < -0.39 is 224 Å². The third kappa shape index (κ3) is 33.5. The zero-order valence-corrected chi connectivity index (χ0v) is 65.5. The first-order chi connectivity index (χ1) is 53.6. The predicted octanol–water partition coefficient (Wildman–Crippen LogP) is -4.42. The number of rotatable bonds is 54. The van der Waals surface area contributed by atoms with Gasteiger partial charge in [-0.1, -0.05) is 136 Å². The number of carboxylic acid groups (broad SMARTS) is 2. The Bertz CT molecular complexity index is 3620. The number of fused-ring (bicyclic) bond motifs is 1. The van der Waals surface area contributed by atoms with E-state index in [1.807, 2.05) is 0 Å². The summed E-state index contributed by atoms with van der Waals surface area (Å²) >= 11 is 0. The number of para-hydroxylation sites is 1. The maximum Gasteiger partial charge on any atom is 0.328 e. The average Bonchev–Trinajstić information content (AvgIpc) is 1.62. The third-order valence-electron chi connectivity index (χ3n) is 19.0. The fraction of sp³-hybridized carbons (Fsp3) is 0.613. The molecule has 0 spiro atoms. The van der Waals surface area contributed by atoms with Gasteiger partial charge in [-0.3, -0.25) is 67.1 Å². The van der Waals surface area contributed by atoms with Gasteiger partial charge in [0.05, 0.1) is 38.9 Å². The molecule has 3 rings (SSSR count). The van der Waals surface area contributed by atoms with E-state index in [1.54, 1.807) is 82.3 Å². The van der Waals surface area contributed by atoms with Crippen LogP contribution in [0.3, 0.4) is 0 Å². The molecular weight excluding hydrogens is 1470 g/mol. The average molecular weight is 1590 g/mol. The van der Waals surface area contributed by atoms with Crippen LogP contribution in [0.4, 0.5) is 0 Å². The van der Waals surface area contributed by atoms with Crippen molar-refractivity contribution in [3.8, 4) is 0 Å². The molecule has 13 amide bonds. The first-order valence-electron chi connectivity index (χ1n) is 38.1. The summed E-state index contributed by atoms with van der Waals surface area (Å²) in [4.78, 5) is 208. The van der Waals surface area contributed by atoms with Crippen LogP contribution >= 0.6 is 0 Å². The number of aliphatic hydroxyl groups excluding tert-OH is 4. The van der Waals surface area contributed by atoms with Gasteiger partial charge in [-0.15, -0.1) is 0 Å². The second kappa shape index (κ2) is 50.7. The number of carboxylic acids is 2. The molecule has 38 heteroatoms. The highest BCUT2D eigenvalue weighted by atomic mass is 16.4. The fourth-order valence-corrected chi connectivity index (χ4v) is 11.8. The number of carbonyl (C=O) groups is 15. The lowest BCUT2D eigenvalue weighted by Gasteiger charge is -2.30. The van der Waals surface area contributed by atoms with Crippen LogP contribution in [0.15, 0.2) is 60.8 Å². The second-order valence-corrected chi connectivity index (χ2v) is 28.7. The lowest BCUT2D eigenvalue weighted by atomic mass is 9.96. The van der Waals surface area contributed by atoms with Gasteiger partial charge in [-0.05, 0) is 92.6 Å². The van der Waals surface area contributed by atoms with Crippen molar-refractivity contribution in [2.24, 2.45) is 40.9 Å². The van der Waals surface area contributed by atoms with Crippen molar-refractivity contribution < 1.29 is 103 Å². The Morgan fingerprint density at radius 2 is 0.832 bits per heavy atom. The van der Waals surface area contributed by atoms with Gasteiger partial charge in [0.15, 0.2) is 0 Å². The van der Waals surface area contributed by atoms with Crippen LogP contribution in [0, 0.1) is 23.7 Å². The Labute approximate surface area is 656 Å². The normalized spacial score (nSPS) is 15.3. The molecule has 26 N–H and O–H groups in total. The summed E-state index contributed by atoms with van der Waals surface area (Å²) in [7, 11) is 0. The maximum atomic E-state index is 14.5. The number of aliphatic carboxylic acids is 2. The standard InChI is InChI=1S/C75H119N17O21/c1-9-42(7)18-14-15-21-46(96)34-58(97)90-61(40(3)4)72(109)85-50(26-29-76)64(101)80-36-59(98)81-55(37-93)70(107)87-54(33-45-35-79-48-23-17-16-22-47(45)48)69(106)88-56(38-94)71(108)84-51(27-30-77)65(102)83-52(28-31-78)66(103)86-53(32-44-19-12-11-13-20-44)68(105)82-49(24-25-60(99)100)67(104)91-62(41(5)6)73(110)92-63(43(8)10-2)74(111)89-57(39-95)75(112)113/h11-13,16-17,19-20,22-23,35,40-43,46,49-57,61-63,79,93-96H,9-10,14-15,18,21,24-34,36-39,76-78H2,1-8H3,(H,80,101)(H,81,98)(H,82,105)(H,83,102)(H,84,108)(H,85,109)(H,86,103)(H,87,107)(H,88,106)(H,89,111)(H,90,97)(H,91,104)(H,92,110)(H,99,100)(H,112,113). The molecule has 15 unspecified atom stereocenters. The highest BCUT2D eigenvalue weighted by Crippen LogP contribution is 2.21. The number of nitrogens with one attached hydrogen (secondary N) is 14. The number of carbonyl (C=O) groups excluding carboxylic acids is 13. The molecule has 2 aromatic carbocycles. The number of aromatic nitrogens is 1. The molecule has 113 heavy (non-hydrogen) atoms. The van der Waals surface area contributed by atoms with Gasteiger partial charge in [-0.2, -0.15) is 0 Å². The summed E-state index contributed by atoms with van der Waals surface area (Å²) < 4.78 is 0. The van der Waals surface area contributed by atoms with Crippen molar-refractivity contribution in [1.29, 1.82) is 0 Å². The number of aliphatic hydroxyl groups is 4. The Kier molecular flexibility index (Phi) is 43.5. The zero-order valence-electron chi connectivity index (χ0n) is 65.5. The van der Waals surface area contributed by atoms with E-state index in [4.69, 9.17) is 17.2 Å². The summed E-state index contributed by atoms with van der Waals surface area (Å²) in [5.41, 5.74) is 19.2. The minimum atomic E-state index is -1.89. The zero-order chi connectivity index (χ0) is 84.6. The molecule has 0 aliphatic rings. The number of hydrogen-bond donors (Lipinski definition) is 23. The Morgan fingerprint density at radius 1 is 0.416 bits per heavy atom. The van der Waals surface area contributed by atoms with Gasteiger partial charge in [-0.25, -0.2) is 4.79 Å². The molecule has 3 aromatic rings. The predicted molar refractivity (Wildman–Crippen MR) is 413 cm³/mol. The SMILES string of the molecule is CCC(C)CCCCC(O)CC(=O)NC(C(=O)NC(CCN)C(=O)NCC(=O)NC(CO)C(=O)NC(Cc1c[nH]c2ccccc12)C(=O)NC(CO)C(=O)NC(CCN)C(=O)NC(CCN)C(=O)NC(Cc1ccccc1)C(=O)NC(CCC(=O)O)C(=O)NC(C(=O)NC(C(=O)NC(CO)C(=O)O)C(C)CC)C(C)C)C(C)C. The van der Waals surface area contributed by atoms with Gasteiger partial charge in [0, 0.05) is 36.4 Å². The third-order valence-corrected chi connectivity index (χ3v) is 19.0. The van der Waals surface area contributed by atoms with Crippen LogP contribution < -0.4 is 86.3 Å². The van der Waals surface area contributed by atoms with E-state index in [9.17, 15) is 103 Å². The number of benzene rings is 2. The smallest absolute Gasteiger partial charge is 0.328 e. The van der Waals surface area contributed by atoms with E-state index in [0.717, 1.165) is 19.3 Å². The molecule has 0 saturated carbocycles. The summed E-state index contributed by atoms with van der Waals surface area (Å²) in [5, 5.41) is 92.7. The van der Waals surface area contributed by atoms with Crippen molar-refractivity contribution in [3.05, 3.63) is 71.9 Å². The second-order valence-electron chi connectivity index (χ2n) is 28.7. The number of amides is 13. The Morgan fingerprint density at radius 3 is 1.35 bits per heavy atom. The molecule has 15 atom stereocenters. The van der Waals surface area contributed by atoms with Crippen LogP contribution in [0.2, 0.25) is 0 Å². The summed E-state index contributed by atoms with van der Waals surface area (Å²) in [6.07, 6.45) is 2.01. The molecule has 630 valence electrons. The van der Waals surface area contributed by atoms with Crippen molar-refractivity contribution in [2.45, 2.75) is 224 Å². The fourth-order valence-electron chi connectivity index (χ4n) is 11.8. The highest BCUT2D eigenvalue weighted by Gasteiger charge is 2.39. The molecule has 0 aliphatic carbocycles. The minimum Gasteiger partial charge on any atom is -0.481 e. The molecule has 0 radical (unpaired) electrons. The largest absolute Gasteiger partial charge is 0.481 e. The number of H-pyrrole nitrogens is 1. The Balaban J connectivity index is 1.84. The van der Waals surface area contributed by atoms with Gasteiger partial charge in [0.1, 0.15) is 72.5 Å². The quantitative estimate of drug-likeness (QED) is 0.0237. The maximum absolute atomic E-state index is 14.5. The van der Waals surface area contributed by atoms with E-state index in [1.165, 1.54) is 20.0 Å². The number of nitrogens with two attached hydrogens (primary N) is 3. The monoisotopic (exact) mass is 1590 g/mol. The first kappa shape index (κ1) is 96.9. The van der Waals surface area contributed by atoms with Gasteiger partial charge in [0.2, 0.25) is 76.8 Å². The van der Waals surface area contributed by atoms with E-state index in [0.29, 0.717) is 47.2 Å². The summed E-state index contributed by atoms with van der Waals surface area (Å²) in [6, 6.07) is -3.93. The molecule has 1 aromatic heterocycles. The van der Waals surface area contributed by atoms with Crippen LogP contribution in [0.25, 0.3) is 10.9 Å². The summed E-state index contributed by atoms with van der Waals surface area (Å²) in [5.74, 6) is -17.0. The number of hydrogen-bond acceptors (Lipinski definition) is 22. The van der Waals surface area contributed by atoms with Crippen LogP contribution in [0.1, 0.15) is 144 Å². The van der Waals surface area contributed by atoms with Crippen molar-refractivity contribution in [2.75, 3.05) is 46.0 Å². The van der Waals surface area contributed by atoms with Gasteiger partial charge in [0.25, 0.3) is 0 Å². The van der Waals surface area contributed by atoms with Crippen molar-refractivity contribution in [1.82, 2.24) is 74.1 Å². The van der Waals surface area contributed by atoms with Crippen molar-refractivity contribution >= 4 is 99.6 Å². The molecular formula is C75H119N17O21. The van der Waals surface area contributed by atoms with E-state index >= 15 is 0 Å². The Hall–Kier alpha value is -10.2. The minimum absolute atomic E-state index is 0.111. The van der Waals surface area contributed by atoms with E-state index in [2.05, 4.69) is 87.9 Å². The molecule has 38 nitrogen and oxygen atoms in total. The van der Waals surface area contributed by atoms with E-state index in [-0.39, 0.29) is 58.2 Å². The highest BCUT2D eigenvalue weighted by molar-refractivity contribution is 6.00. The number of unbranched alkanes of at least 4 members (excludes halogenated alkanes) is 1. The molecule has 0 aliphatic heterocycles. The van der Waals surface area contributed by atoms with Crippen LogP contribution in [-0.4, -0.2) is 249 Å². The topological polar surface area (TPSA) is 628 Å². The number of aromatic amines is 1. The van der Waals surface area contributed by atoms with Crippen LogP contribution in [0.5, 0.6) is 0 Å². The lowest BCUT2D eigenvalue weighted by molar-refractivity contribution is -0.144. The van der Waals surface area contributed by atoms with Crippen LogP contribution in [-0.2, 0) is 84.8 Å².